The lowest BCUT2D eigenvalue weighted by molar-refractivity contribution is 0.0741. The number of carbonyl (C=O) groups is 1. The first-order valence-electron chi connectivity index (χ1n) is 4.94. The second-order valence-electron chi connectivity index (χ2n) is 4.54. The smallest absolute Gasteiger partial charge is 0.254 e. The van der Waals surface area contributed by atoms with E-state index in [1.807, 2.05) is 23.9 Å². The number of amides is 1. The number of nitrogens with two attached hydrogens (primary N) is 1. The standard InChI is InChI=1S/C11H18N2OS/c1-11(2,7-12)8-13(3)10(14)9-4-5-15-6-9/h4-6H,7-8,12H2,1-3H3. The van der Waals surface area contributed by atoms with Crippen molar-refractivity contribution in [3.05, 3.63) is 22.4 Å². The molecule has 4 heteroatoms. The van der Waals surface area contributed by atoms with Gasteiger partial charge < -0.3 is 10.6 Å². The molecule has 84 valence electrons. The van der Waals surface area contributed by atoms with Gasteiger partial charge in [-0.15, -0.1) is 0 Å². The van der Waals surface area contributed by atoms with Crippen molar-refractivity contribution in [2.24, 2.45) is 11.1 Å². The van der Waals surface area contributed by atoms with Crippen LogP contribution in [0.1, 0.15) is 24.2 Å². The van der Waals surface area contributed by atoms with Gasteiger partial charge in [-0.1, -0.05) is 13.8 Å². The molecule has 0 radical (unpaired) electrons. The molecule has 2 N–H and O–H groups in total. The van der Waals surface area contributed by atoms with Crippen LogP contribution in [0.5, 0.6) is 0 Å². The summed E-state index contributed by atoms with van der Waals surface area (Å²) in [7, 11) is 1.82. The fraction of sp³-hybridized carbons (Fsp3) is 0.545. The zero-order valence-corrected chi connectivity index (χ0v) is 10.3. The molecule has 0 fully saturated rings. The van der Waals surface area contributed by atoms with Crippen molar-refractivity contribution in [1.29, 1.82) is 0 Å². The van der Waals surface area contributed by atoms with Crippen LogP contribution in [0.15, 0.2) is 16.8 Å². The maximum atomic E-state index is 11.9. The van der Waals surface area contributed by atoms with E-state index >= 15 is 0 Å². The summed E-state index contributed by atoms with van der Waals surface area (Å²) in [4.78, 5) is 13.6. The number of rotatable bonds is 4. The lowest BCUT2D eigenvalue weighted by atomic mass is 9.93. The zero-order chi connectivity index (χ0) is 11.5. The predicted octanol–water partition coefficient (Wildman–Crippen LogP) is 1.80. The van der Waals surface area contributed by atoms with Gasteiger partial charge in [-0.2, -0.15) is 11.3 Å². The maximum Gasteiger partial charge on any atom is 0.254 e. The summed E-state index contributed by atoms with van der Waals surface area (Å²) in [5.74, 6) is 0.0674. The van der Waals surface area contributed by atoms with E-state index in [9.17, 15) is 4.79 Å². The molecule has 0 aliphatic heterocycles. The van der Waals surface area contributed by atoms with Gasteiger partial charge in [0, 0.05) is 19.0 Å². The third-order valence-corrected chi connectivity index (χ3v) is 3.02. The molecular weight excluding hydrogens is 208 g/mol. The van der Waals surface area contributed by atoms with Crippen molar-refractivity contribution in [2.75, 3.05) is 20.1 Å². The fourth-order valence-corrected chi connectivity index (χ4v) is 2.01. The highest BCUT2D eigenvalue weighted by atomic mass is 32.1. The fourth-order valence-electron chi connectivity index (χ4n) is 1.38. The van der Waals surface area contributed by atoms with Crippen molar-refractivity contribution in [2.45, 2.75) is 13.8 Å². The Labute approximate surface area is 94.9 Å². The van der Waals surface area contributed by atoms with Crippen molar-refractivity contribution in [3.63, 3.8) is 0 Å². The monoisotopic (exact) mass is 226 g/mol. The van der Waals surface area contributed by atoms with E-state index in [2.05, 4.69) is 13.8 Å². The second kappa shape index (κ2) is 4.77. The normalized spacial score (nSPS) is 11.5. The molecule has 1 heterocycles. The summed E-state index contributed by atoms with van der Waals surface area (Å²) in [5.41, 5.74) is 6.37. The molecule has 0 spiro atoms. The first kappa shape index (κ1) is 12.2. The first-order chi connectivity index (χ1) is 6.96. The van der Waals surface area contributed by atoms with Crippen LogP contribution in [0.4, 0.5) is 0 Å². The molecule has 0 bridgehead atoms. The van der Waals surface area contributed by atoms with Gasteiger partial charge in [0.05, 0.1) is 5.56 Å². The highest BCUT2D eigenvalue weighted by Crippen LogP contribution is 2.16. The number of nitrogens with zero attached hydrogens (tertiary/aromatic N) is 1. The van der Waals surface area contributed by atoms with Gasteiger partial charge in [-0.3, -0.25) is 4.79 Å². The zero-order valence-electron chi connectivity index (χ0n) is 9.49. The van der Waals surface area contributed by atoms with Gasteiger partial charge in [0.2, 0.25) is 0 Å². The van der Waals surface area contributed by atoms with Crippen LogP contribution in [0.3, 0.4) is 0 Å². The molecule has 1 rings (SSSR count). The first-order valence-corrected chi connectivity index (χ1v) is 5.88. The van der Waals surface area contributed by atoms with Crippen LogP contribution in [0, 0.1) is 5.41 Å². The Morgan fingerprint density at radius 1 is 1.60 bits per heavy atom. The van der Waals surface area contributed by atoms with Crippen LogP contribution in [-0.2, 0) is 0 Å². The average Bonchev–Trinajstić information content (AvgIpc) is 2.68. The molecule has 0 atom stereocenters. The lowest BCUT2D eigenvalue weighted by Gasteiger charge is -2.28. The molecule has 1 aromatic rings. The molecule has 0 saturated heterocycles. The predicted molar refractivity (Wildman–Crippen MR) is 64.1 cm³/mol. The van der Waals surface area contributed by atoms with Crippen molar-refractivity contribution in [3.8, 4) is 0 Å². The second-order valence-corrected chi connectivity index (χ2v) is 5.32. The summed E-state index contributed by atoms with van der Waals surface area (Å²) < 4.78 is 0. The van der Waals surface area contributed by atoms with E-state index in [1.54, 1.807) is 4.90 Å². The van der Waals surface area contributed by atoms with E-state index in [4.69, 9.17) is 5.73 Å². The summed E-state index contributed by atoms with van der Waals surface area (Å²) in [6.07, 6.45) is 0. The average molecular weight is 226 g/mol. The van der Waals surface area contributed by atoms with Crippen LogP contribution in [0.25, 0.3) is 0 Å². The van der Waals surface area contributed by atoms with Crippen LogP contribution >= 0.6 is 11.3 Å². The summed E-state index contributed by atoms with van der Waals surface area (Å²) in [6, 6.07) is 1.85. The summed E-state index contributed by atoms with van der Waals surface area (Å²) in [5, 5.41) is 3.78. The minimum absolute atomic E-state index is 0.0273. The minimum Gasteiger partial charge on any atom is -0.341 e. The minimum atomic E-state index is -0.0273. The Morgan fingerprint density at radius 3 is 2.73 bits per heavy atom. The van der Waals surface area contributed by atoms with Gasteiger partial charge in [0.1, 0.15) is 0 Å². The van der Waals surface area contributed by atoms with Crippen LogP contribution < -0.4 is 5.73 Å². The molecule has 0 unspecified atom stereocenters. The Hall–Kier alpha value is -0.870. The molecule has 1 amide bonds. The third-order valence-electron chi connectivity index (χ3n) is 2.33. The molecule has 0 aromatic carbocycles. The van der Waals surface area contributed by atoms with E-state index < -0.39 is 0 Å². The van der Waals surface area contributed by atoms with E-state index in [0.29, 0.717) is 13.1 Å². The number of hydrogen-bond acceptors (Lipinski definition) is 3. The van der Waals surface area contributed by atoms with Crippen molar-refractivity contribution in [1.82, 2.24) is 4.90 Å². The molecular formula is C11H18N2OS. The Kier molecular flexibility index (Phi) is 3.88. The summed E-state index contributed by atoms with van der Waals surface area (Å²) >= 11 is 1.54. The lowest BCUT2D eigenvalue weighted by Crippen LogP contribution is -2.39. The van der Waals surface area contributed by atoms with Gasteiger partial charge in [-0.25, -0.2) is 0 Å². The molecule has 0 aliphatic rings. The van der Waals surface area contributed by atoms with Gasteiger partial charge in [0.15, 0.2) is 0 Å². The maximum absolute atomic E-state index is 11.9. The van der Waals surface area contributed by atoms with E-state index in [0.717, 1.165) is 5.56 Å². The van der Waals surface area contributed by atoms with Crippen molar-refractivity contribution >= 4 is 17.2 Å². The number of hydrogen-bond donors (Lipinski definition) is 1. The van der Waals surface area contributed by atoms with Crippen LogP contribution in [0.2, 0.25) is 0 Å². The number of carbonyl (C=O) groups excluding carboxylic acids is 1. The van der Waals surface area contributed by atoms with Crippen molar-refractivity contribution < 1.29 is 4.79 Å². The SMILES string of the molecule is CN(CC(C)(C)CN)C(=O)c1ccsc1. The Bertz CT molecular complexity index is 319. The summed E-state index contributed by atoms with van der Waals surface area (Å²) in [6.45, 7) is 5.38. The van der Waals surface area contributed by atoms with E-state index in [-0.39, 0.29) is 11.3 Å². The molecule has 0 aliphatic carbocycles. The largest absolute Gasteiger partial charge is 0.341 e. The molecule has 0 saturated carbocycles. The van der Waals surface area contributed by atoms with Gasteiger partial charge >= 0.3 is 0 Å². The molecule has 1 aromatic heterocycles. The number of thiophene rings is 1. The third kappa shape index (κ3) is 3.32. The highest BCUT2D eigenvalue weighted by Gasteiger charge is 2.21. The van der Waals surface area contributed by atoms with Gasteiger partial charge in [-0.05, 0) is 23.4 Å². The van der Waals surface area contributed by atoms with Crippen LogP contribution in [-0.4, -0.2) is 30.9 Å². The Balaban J connectivity index is 2.62. The van der Waals surface area contributed by atoms with Gasteiger partial charge in [0.25, 0.3) is 5.91 Å². The topological polar surface area (TPSA) is 46.3 Å². The molecule has 15 heavy (non-hydrogen) atoms. The van der Waals surface area contributed by atoms with E-state index in [1.165, 1.54) is 11.3 Å². The highest BCUT2D eigenvalue weighted by molar-refractivity contribution is 7.08. The molecule has 3 nitrogen and oxygen atoms in total. The quantitative estimate of drug-likeness (QED) is 0.851. The Morgan fingerprint density at radius 2 is 2.27 bits per heavy atom.